The quantitative estimate of drug-likeness (QED) is 0.733. The van der Waals surface area contributed by atoms with Crippen LogP contribution < -0.4 is 5.32 Å². The summed E-state index contributed by atoms with van der Waals surface area (Å²) in [6.45, 7) is 3.42. The monoisotopic (exact) mass is 318 g/mol. The number of esters is 1. The van der Waals surface area contributed by atoms with Crippen LogP contribution in [0, 0.1) is 17.2 Å². The average Bonchev–Trinajstić information content (AvgIpc) is 2.52. The maximum absolute atomic E-state index is 12.1. The topological polar surface area (TPSA) is 116 Å². The first-order chi connectivity index (χ1) is 10.9. The van der Waals surface area contributed by atoms with Crippen molar-refractivity contribution in [3.63, 3.8) is 0 Å². The van der Waals surface area contributed by atoms with Gasteiger partial charge in [0.05, 0.1) is 24.7 Å². The Hall–Kier alpha value is -2.88. The molecule has 7 heteroatoms. The second-order valence-corrected chi connectivity index (χ2v) is 4.96. The van der Waals surface area contributed by atoms with Gasteiger partial charge in [-0.15, -0.1) is 0 Å². The molecular formula is C16H18N2O5. The number of nitrogens with one attached hydrogen (secondary N) is 1. The first kappa shape index (κ1) is 18.2. The number of hydrogen-bond acceptors (Lipinski definition) is 5. The molecule has 0 unspecified atom stereocenters. The molecule has 0 aliphatic heterocycles. The molecule has 0 saturated carbocycles. The number of amides is 1. The van der Waals surface area contributed by atoms with Crippen molar-refractivity contribution in [3.05, 3.63) is 35.4 Å². The van der Waals surface area contributed by atoms with Crippen LogP contribution in [0.2, 0.25) is 0 Å². The van der Waals surface area contributed by atoms with E-state index in [9.17, 15) is 19.5 Å². The lowest BCUT2D eigenvalue weighted by atomic mass is 9.98. The van der Waals surface area contributed by atoms with Gasteiger partial charge in [-0.2, -0.15) is 5.26 Å². The zero-order chi connectivity index (χ0) is 17.4. The van der Waals surface area contributed by atoms with E-state index in [-0.39, 0.29) is 18.6 Å². The summed E-state index contributed by atoms with van der Waals surface area (Å²) in [4.78, 5) is 34.9. The highest BCUT2D eigenvalue weighted by molar-refractivity contribution is 5.96. The van der Waals surface area contributed by atoms with Gasteiger partial charge < -0.3 is 15.2 Å². The molecule has 0 fully saturated rings. The van der Waals surface area contributed by atoms with Crippen molar-refractivity contribution in [1.82, 2.24) is 5.32 Å². The van der Waals surface area contributed by atoms with E-state index in [0.29, 0.717) is 5.56 Å². The number of ether oxygens (including phenoxy) is 1. The molecule has 0 aliphatic carbocycles. The normalized spacial score (nSPS) is 12.6. The van der Waals surface area contributed by atoms with Crippen LogP contribution in [-0.4, -0.2) is 35.6 Å². The molecule has 1 aromatic carbocycles. The van der Waals surface area contributed by atoms with Crippen molar-refractivity contribution >= 4 is 17.8 Å². The summed E-state index contributed by atoms with van der Waals surface area (Å²) in [5.74, 6) is -2.96. The summed E-state index contributed by atoms with van der Waals surface area (Å²) < 4.78 is 4.78. The van der Waals surface area contributed by atoms with E-state index in [1.165, 1.54) is 24.3 Å². The molecule has 122 valence electrons. The Morgan fingerprint density at radius 1 is 1.30 bits per heavy atom. The van der Waals surface area contributed by atoms with Crippen molar-refractivity contribution < 1.29 is 24.2 Å². The van der Waals surface area contributed by atoms with E-state index in [1.807, 2.05) is 6.07 Å². The van der Waals surface area contributed by atoms with Gasteiger partial charge in [-0.3, -0.25) is 9.59 Å². The lowest BCUT2D eigenvalue weighted by Gasteiger charge is -2.20. The van der Waals surface area contributed by atoms with E-state index < -0.39 is 29.8 Å². The van der Waals surface area contributed by atoms with Gasteiger partial charge in [0.15, 0.2) is 0 Å². The summed E-state index contributed by atoms with van der Waals surface area (Å²) >= 11 is 0. The van der Waals surface area contributed by atoms with Gasteiger partial charge in [-0.1, -0.05) is 6.92 Å². The van der Waals surface area contributed by atoms with E-state index >= 15 is 0 Å². The molecule has 2 atom stereocenters. The molecule has 0 aromatic heterocycles. The Labute approximate surface area is 133 Å². The van der Waals surface area contributed by atoms with Gasteiger partial charge >= 0.3 is 11.9 Å². The summed E-state index contributed by atoms with van der Waals surface area (Å²) in [5.41, 5.74) is 0.630. The number of carboxylic acid groups (broad SMARTS) is 1. The molecule has 0 radical (unpaired) electrons. The zero-order valence-electron chi connectivity index (χ0n) is 12.9. The van der Waals surface area contributed by atoms with Crippen LogP contribution >= 0.6 is 0 Å². The minimum absolute atomic E-state index is 0.113. The smallest absolute Gasteiger partial charge is 0.326 e. The van der Waals surface area contributed by atoms with Gasteiger partial charge in [0.25, 0.3) is 5.91 Å². The van der Waals surface area contributed by atoms with Crippen LogP contribution in [0.4, 0.5) is 0 Å². The second kappa shape index (κ2) is 8.54. The average molecular weight is 318 g/mol. The Morgan fingerprint density at radius 3 is 2.39 bits per heavy atom. The first-order valence-electron chi connectivity index (χ1n) is 7.08. The number of aliphatic carboxylic acids is 1. The van der Waals surface area contributed by atoms with Crippen LogP contribution in [0.25, 0.3) is 0 Å². The zero-order valence-corrected chi connectivity index (χ0v) is 12.9. The summed E-state index contributed by atoms with van der Waals surface area (Å²) in [5, 5.41) is 20.4. The Morgan fingerprint density at radius 2 is 1.91 bits per heavy atom. The number of nitriles is 1. The minimum Gasteiger partial charge on any atom is -0.480 e. The second-order valence-electron chi connectivity index (χ2n) is 4.96. The molecule has 0 bridgehead atoms. The molecule has 0 saturated heterocycles. The number of carbonyl (C=O) groups excluding carboxylic acids is 2. The Kier molecular flexibility index (Phi) is 6.74. The fraction of sp³-hybridized carbons (Fsp3) is 0.375. The molecule has 2 N–H and O–H groups in total. The van der Waals surface area contributed by atoms with Crippen LogP contribution in [-0.2, 0) is 14.3 Å². The molecule has 0 spiro atoms. The summed E-state index contributed by atoms with van der Waals surface area (Å²) in [6, 6.07) is 6.50. The van der Waals surface area contributed by atoms with Crippen LogP contribution in [0.15, 0.2) is 24.3 Å². The van der Waals surface area contributed by atoms with Gasteiger partial charge in [-0.05, 0) is 37.1 Å². The Bertz CT molecular complexity index is 618. The highest BCUT2D eigenvalue weighted by Crippen LogP contribution is 2.12. The van der Waals surface area contributed by atoms with Crippen LogP contribution in [0.3, 0.4) is 0 Å². The summed E-state index contributed by atoms with van der Waals surface area (Å²) in [6.07, 6.45) is -0.113. The number of hydrogen-bond donors (Lipinski definition) is 2. The maximum Gasteiger partial charge on any atom is 0.326 e. The van der Waals surface area contributed by atoms with Crippen molar-refractivity contribution in [1.29, 1.82) is 5.26 Å². The van der Waals surface area contributed by atoms with Gasteiger partial charge in [0.1, 0.15) is 6.04 Å². The van der Waals surface area contributed by atoms with Gasteiger partial charge in [0, 0.05) is 5.56 Å². The highest BCUT2D eigenvalue weighted by Gasteiger charge is 2.28. The maximum atomic E-state index is 12.1. The third-order valence-corrected chi connectivity index (χ3v) is 3.19. The third-order valence-electron chi connectivity index (χ3n) is 3.19. The number of carboxylic acids is 1. The van der Waals surface area contributed by atoms with E-state index in [1.54, 1.807) is 13.8 Å². The van der Waals surface area contributed by atoms with E-state index in [2.05, 4.69) is 5.32 Å². The Balaban J connectivity index is 2.78. The van der Waals surface area contributed by atoms with Crippen molar-refractivity contribution in [3.8, 4) is 6.07 Å². The fourth-order valence-electron chi connectivity index (χ4n) is 1.97. The molecule has 7 nitrogen and oxygen atoms in total. The fourth-order valence-corrected chi connectivity index (χ4v) is 1.97. The lowest BCUT2D eigenvalue weighted by molar-refractivity contribution is -0.145. The van der Waals surface area contributed by atoms with E-state index in [4.69, 9.17) is 10.00 Å². The molecular weight excluding hydrogens is 300 g/mol. The minimum atomic E-state index is -1.23. The molecule has 0 heterocycles. The standard InChI is InChI=1S/C16H18N2O5/c1-3-23-13(19)8-10(2)14(16(21)22)18-15(20)12-6-4-11(9-17)5-7-12/h4-7,10,14H,3,8H2,1-2H3,(H,18,20)(H,21,22)/t10-,14-/m0/s1. The molecule has 1 amide bonds. The number of rotatable bonds is 7. The number of benzene rings is 1. The molecule has 1 aromatic rings. The van der Waals surface area contributed by atoms with Gasteiger partial charge in [-0.25, -0.2) is 4.79 Å². The molecule has 1 rings (SSSR count). The third kappa shape index (κ3) is 5.43. The predicted octanol–water partition coefficient (Wildman–Crippen LogP) is 1.33. The predicted molar refractivity (Wildman–Crippen MR) is 80.5 cm³/mol. The van der Waals surface area contributed by atoms with Crippen molar-refractivity contribution in [2.45, 2.75) is 26.3 Å². The highest BCUT2D eigenvalue weighted by atomic mass is 16.5. The largest absolute Gasteiger partial charge is 0.480 e. The number of carbonyl (C=O) groups is 3. The number of nitrogens with zero attached hydrogens (tertiary/aromatic N) is 1. The lowest BCUT2D eigenvalue weighted by Crippen LogP contribution is -2.45. The molecule has 0 aliphatic rings. The van der Waals surface area contributed by atoms with Gasteiger partial charge in [0.2, 0.25) is 0 Å². The van der Waals surface area contributed by atoms with E-state index in [0.717, 1.165) is 0 Å². The van der Waals surface area contributed by atoms with Crippen LogP contribution in [0.1, 0.15) is 36.2 Å². The van der Waals surface area contributed by atoms with Crippen LogP contribution in [0.5, 0.6) is 0 Å². The first-order valence-corrected chi connectivity index (χ1v) is 7.08. The van der Waals surface area contributed by atoms with Crippen molar-refractivity contribution in [2.75, 3.05) is 6.61 Å². The summed E-state index contributed by atoms with van der Waals surface area (Å²) in [7, 11) is 0. The SMILES string of the molecule is CCOC(=O)C[C@H](C)[C@H](NC(=O)c1ccc(C#N)cc1)C(=O)O. The molecule has 23 heavy (non-hydrogen) atoms. The van der Waals surface area contributed by atoms with Crippen molar-refractivity contribution in [2.24, 2.45) is 5.92 Å².